The second-order valence-electron chi connectivity index (χ2n) is 3.37. The average Bonchev–Trinajstić information content (AvgIpc) is 2.28. The number of hydrogen-bond donors (Lipinski definition) is 2. The molecule has 0 aliphatic rings. The van der Waals surface area contributed by atoms with Crippen LogP contribution in [0.4, 0.5) is 14.5 Å². The van der Waals surface area contributed by atoms with E-state index in [1.165, 1.54) is 0 Å². The van der Waals surface area contributed by atoms with Gasteiger partial charge in [-0.15, -0.1) is 0 Å². The fourth-order valence-corrected chi connectivity index (χ4v) is 1.23. The molecule has 1 rings (SSSR count). The summed E-state index contributed by atoms with van der Waals surface area (Å²) in [6, 6.07) is 0.831. The molecule has 0 saturated heterocycles. The highest BCUT2D eigenvalue weighted by Crippen LogP contribution is 2.21. The average molecular weight is 260 g/mol. The van der Waals surface area contributed by atoms with E-state index in [0.29, 0.717) is 12.1 Å². The van der Waals surface area contributed by atoms with Crippen molar-refractivity contribution in [1.29, 1.82) is 0 Å². The van der Waals surface area contributed by atoms with Gasteiger partial charge in [0.05, 0.1) is 10.5 Å². The number of nitrogens with zero attached hydrogens (tertiary/aromatic N) is 1. The maximum Gasteiger partial charge on any atom is 0.305 e. The summed E-state index contributed by atoms with van der Waals surface area (Å²) in [6.45, 7) is -0.0771. The van der Waals surface area contributed by atoms with Crippen molar-refractivity contribution in [3.05, 3.63) is 39.4 Å². The van der Waals surface area contributed by atoms with Gasteiger partial charge in [0.15, 0.2) is 0 Å². The maximum atomic E-state index is 13.3. The number of benzene rings is 1. The number of nitro groups is 1. The van der Waals surface area contributed by atoms with E-state index in [0.717, 1.165) is 0 Å². The molecule has 0 aliphatic heterocycles. The lowest BCUT2D eigenvalue weighted by molar-refractivity contribution is -0.387. The van der Waals surface area contributed by atoms with Crippen LogP contribution in [0.2, 0.25) is 0 Å². The van der Waals surface area contributed by atoms with Gasteiger partial charge in [0.25, 0.3) is 5.91 Å². The quantitative estimate of drug-likeness (QED) is 0.469. The summed E-state index contributed by atoms with van der Waals surface area (Å²) in [5.74, 6) is -3.42. The van der Waals surface area contributed by atoms with Gasteiger partial charge in [0, 0.05) is 25.3 Å². The third-order valence-corrected chi connectivity index (χ3v) is 2.10. The molecule has 0 bridgehead atoms. The standard InChI is InChI=1S/C10H10F2N2O4/c11-7-5-8(12)9(14(17)18)4-6(7)10(16)13-2-1-3-15/h4-5,15H,1-3H2,(H,13,16). The fraction of sp³-hybridized carbons (Fsp3) is 0.300. The van der Waals surface area contributed by atoms with E-state index in [1.807, 2.05) is 0 Å². The van der Waals surface area contributed by atoms with Crippen molar-refractivity contribution in [2.24, 2.45) is 0 Å². The first kappa shape index (κ1) is 14.0. The first-order valence-electron chi connectivity index (χ1n) is 5.00. The van der Waals surface area contributed by atoms with E-state index in [1.54, 1.807) is 0 Å². The van der Waals surface area contributed by atoms with Gasteiger partial charge >= 0.3 is 5.69 Å². The molecule has 1 amide bonds. The molecular weight excluding hydrogens is 250 g/mol. The highest BCUT2D eigenvalue weighted by Gasteiger charge is 2.21. The van der Waals surface area contributed by atoms with E-state index in [9.17, 15) is 23.7 Å². The molecule has 6 nitrogen and oxygen atoms in total. The van der Waals surface area contributed by atoms with Gasteiger partial charge < -0.3 is 10.4 Å². The predicted molar refractivity (Wildman–Crippen MR) is 57.0 cm³/mol. The molecule has 0 fully saturated rings. The topological polar surface area (TPSA) is 92.5 Å². The van der Waals surface area contributed by atoms with Crippen molar-refractivity contribution < 1.29 is 23.6 Å². The zero-order chi connectivity index (χ0) is 13.7. The first-order valence-corrected chi connectivity index (χ1v) is 5.00. The lowest BCUT2D eigenvalue weighted by Gasteiger charge is -2.05. The Bertz CT molecular complexity index is 479. The fourth-order valence-electron chi connectivity index (χ4n) is 1.23. The van der Waals surface area contributed by atoms with Gasteiger partial charge in [-0.1, -0.05) is 0 Å². The summed E-state index contributed by atoms with van der Waals surface area (Å²) in [5.41, 5.74) is -1.58. The van der Waals surface area contributed by atoms with Gasteiger partial charge in [-0.2, -0.15) is 4.39 Å². The van der Waals surface area contributed by atoms with Crippen molar-refractivity contribution in [3.8, 4) is 0 Å². The molecule has 0 spiro atoms. The van der Waals surface area contributed by atoms with E-state index in [-0.39, 0.29) is 19.6 Å². The summed E-state index contributed by atoms with van der Waals surface area (Å²) >= 11 is 0. The Morgan fingerprint density at radius 1 is 1.39 bits per heavy atom. The van der Waals surface area contributed by atoms with E-state index < -0.39 is 33.7 Å². The number of aliphatic hydroxyl groups is 1. The number of aliphatic hydroxyl groups excluding tert-OH is 1. The Hall–Kier alpha value is -2.09. The van der Waals surface area contributed by atoms with E-state index in [4.69, 9.17) is 5.11 Å². The van der Waals surface area contributed by atoms with Gasteiger partial charge in [0.2, 0.25) is 5.82 Å². The van der Waals surface area contributed by atoms with Crippen molar-refractivity contribution in [2.75, 3.05) is 13.2 Å². The normalized spacial score (nSPS) is 10.2. The molecule has 0 atom stereocenters. The number of carbonyl (C=O) groups excluding carboxylic acids is 1. The molecule has 98 valence electrons. The van der Waals surface area contributed by atoms with Crippen LogP contribution in [0.1, 0.15) is 16.8 Å². The molecule has 1 aromatic rings. The number of hydrogen-bond acceptors (Lipinski definition) is 4. The Balaban J connectivity index is 2.97. The number of rotatable bonds is 5. The number of nitrogens with one attached hydrogen (secondary N) is 1. The summed E-state index contributed by atoms with van der Waals surface area (Å²) in [6.07, 6.45) is 0.261. The molecule has 2 N–H and O–H groups in total. The summed E-state index contributed by atoms with van der Waals surface area (Å²) in [7, 11) is 0. The summed E-state index contributed by atoms with van der Waals surface area (Å²) in [5, 5.41) is 21.2. The maximum absolute atomic E-state index is 13.3. The van der Waals surface area contributed by atoms with Crippen LogP contribution in [0.15, 0.2) is 12.1 Å². The van der Waals surface area contributed by atoms with Crippen LogP contribution < -0.4 is 5.32 Å². The van der Waals surface area contributed by atoms with Crippen LogP contribution in [0.3, 0.4) is 0 Å². The van der Waals surface area contributed by atoms with Crippen molar-refractivity contribution in [3.63, 3.8) is 0 Å². The summed E-state index contributed by atoms with van der Waals surface area (Å²) in [4.78, 5) is 20.9. The zero-order valence-corrected chi connectivity index (χ0v) is 9.15. The van der Waals surface area contributed by atoms with E-state index >= 15 is 0 Å². The Labute approximate surface area is 100 Å². The van der Waals surface area contributed by atoms with Gasteiger partial charge in [-0.25, -0.2) is 4.39 Å². The van der Waals surface area contributed by atoms with Crippen LogP contribution in [0.25, 0.3) is 0 Å². The Morgan fingerprint density at radius 3 is 2.61 bits per heavy atom. The molecule has 0 radical (unpaired) electrons. The van der Waals surface area contributed by atoms with Crippen LogP contribution in [0.5, 0.6) is 0 Å². The minimum absolute atomic E-state index is 0.0833. The minimum Gasteiger partial charge on any atom is -0.396 e. The minimum atomic E-state index is -1.34. The Morgan fingerprint density at radius 2 is 2.06 bits per heavy atom. The molecule has 0 heterocycles. The van der Waals surface area contributed by atoms with E-state index in [2.05, 4.69) is 5.32 Å². The lowest BCUT2D eigenvalue weighted by Crippen LogP contribution is -2.26. The van der Waals surface area contributed by atoms with Crippen molar-refractivity contribution in [2.45, 2.75) is 6.42 Å². The SMILES string of the molecule is O=C(NCCCO)c1cc([N+](=O)[O-])c(F)cc1F. The monoisotopic (exact) mass is 260 g/mol. The van der Waals surface area contributed by atoms with Gasteiger partial charge in [-0.05, 0) is 6.42 Å². The molecule has 0 aromatic heterocycles. The summed E-state index contributed by atoms with van der Waals surface area (Å²) < 4.78 is 26.3. The van der Waals surface area contributed by atoms with Crippen molar-refractivity contribution >= 4 is 11.6 Å². The smallest absolute Gasteiger partial charge is 0.305 e. The number of nitro benzene ring substituents is 1. The predicted octanol–water partition coefficient (Wildman–Crippen LogP) is 0.985. The molecule has 8 heteroatoms. The zero-order valence-electron chi connectivity index (χ0n) is 9.15. The molecular formula is C10H10F2N2O4. The van der Waals surface area contributed by atoms with Crippen LogP contribution in [-0.4, -0.2) is 29.1 Å². The van der Waals surface area contributed by atoms with Gasteiger partial charge in [-0.3, -0.25) is 14.9 Å². The molecule has 1 aromatic carbocycles. The van der Waals surface area contributed by atoms with Gasteiger partial charge in [0.1, 0.15) is 5.82 Å². The largest absolute Gasteiger partial charge is 0.396 e. The molecule has 18 heavy (non-hydrogen) atoms. The third-order valence-electron chi connectivity index (χ3n) is 2.10. The molecule has 0 saturated carbocycles. The van der Waals surface area contributed by atoms with Crippen molar-refractivity contribution in [1.82, 2.24) is 5.32 Å². The number of halogens is 2. The van der Waals surface area contributed by atoms with Crippen LogP contribution in [0, 0.1) is 21.7 Å². The first-order chi connectivity index (χ1) is 8.47. The third kappa shape index (κ3) is 3.20. The molecule has 0 aliphatic carbocycles. The second kappa shape index (κ2) is 6.01. The number of carbonyl (C=O) groups is 1. The highest BCUT2D eigenvalue weighted by molar-refractivity contribution is 5.95. The molecule has 0 unspecified atom stereocenters. The second-order valence-corrected chi connectivity index (χ2v) is 3.37. The van der Waals surface area contributed by atoms with Crippen LogP contribution in [-0.2, 0) is 0 Å². The van der Waals surface area contributed by atoms with Crippen LogP contribution >= 0.6 is 0 Å². The lowest BCUT2D eigenvalue weighted by atomic mass is 10.1. The number of amides is 1. The highest BCUT2D eigenvalue weighted by atomic mass is 19.1. The Kier molecular flexibility index (Phi) is 4.67.